The maximum Gasteiger partial charge on any atom is 0.124 e. The second-order valence-corrected chi connectivity index (χ2v) is 6.06. The van der Waals surface area contributed by atoms with Crippen molar-refractivity contribution in [3.05, 3.63) is 48.5 Å². The zero-order valence-corrected chi connectivity index (χ0v) is 13.3. The molecule has 2 heterocycles. The summed E-state index contributed by atoms with van der Waals surface area (Å²) in [5.41, 5.74) is 4.41. The predicted molar refractivity (Wildman–Crippen MR) is 90.6 cm³/mol. The summed E-state index contributed by atoms with van der Waals surface area (Å²) in [5.74, 6) is 1.64. The van der Waals surface area contributed by atoms with E-state index in [1.807, 2.05) is 31.6 Å². The van der Waals surface area contributed by atoms with Crippen molar-refractivity contribution in [1.82, 2.24) is 20.3 Å². The van der Waals surface area contributed by atoms with Crippen LogP contribution in [0.15, 0.2) is 42.7 Å². The largest absolute Gasteiger partial charge is 0.341 e. The van der Waals surface area contributed by atoms with E-state index in [4.69, 9.17) is 4.98 Å². The number of imidazole rings is 1. The summed E-state index contributed by atoms with van der Waals surface area (Å²) in [5, 5.41) is 3.35. The lowest BCUT2D eigenvalue weighted by Gasteiger charge is -2.15. The molecule has 114 valence electrons. The van der Waals surface area contributed by atoms with Gasteiger partial charge >= 0.3 is 0 Å². The fraction of sp³-hybridized carbons (Fsp3) is 0.333. The first kappa shape index (κ1) is 14.7. The lowest BCUT2D eigenvalue weighted by molar-refractivity contribution is 0.443. The SMILES string of the molecule is CN[C@H](CC(C)C)c1nc2cc(-c3ccncc3)ccc2[nH]1. The molecule has 0 bridgehead atoms. The molecule has 2 N–H and O–H groups in total. The molecule has 0 saturated carbocycles. The van der Waals surface area contributed by atoms with Crippen molar-refractivity contribution in [1.29, 1.82) is 0 Å². The molecule has 0 spiro atoms. The summed E-state index contributed by atoms with van der Waals surface area (Å²) < 4.78 is 0. The van der Waals surface area contributed by atoms with Gasteiger partial charge in [0.1, 0.15) is 5.82 Å². The quantitative estimate of drug-likeness (QED) is 0.749. The van der Waals surface area contributed by atoms with E-state index in [0.29, 0.717) is 5.92 Å². The number of pyridine rings is 1. The Hall–Kier alpha value is -2.20. The Morgan fingerprint density at radius 2 is 1.86 bits per heavy atom. The molecule has 2 aromatic heterocycles. The minimum Gasteiger partial charge on any atom is -0.341 e. The summed E-state index contributed by atoms with van der Waals surface area (Å²) in [6.45, 7) is 4.46. The Labute approximate surface area is 131 Å². The van der Waals surface area contributed by atoms with Crippen molar-refractivity contribution in [2.45, 2.75) is 26.3 Å². The molecule has 1 aromatic carbocycles. The molecule has 1 atom stereocenters. The molecule has 4 heteroatoms. The van der Waals surface area contributed by atoms with Gasteiger partial charge in [-0.1, -0.05) is 19.9 Å². The van der Waals surface area contributed by atoms with Gasteiger partial charge in [-0.15, -0.1) is 0 Å². The molecule has 0 aliphatic rings. The number of benzene rings is 1. The summed E-state index contributed by atoms with van der Waals surface area (Å²) in [6.07, 6.45) is 4.69. The fourth-order valence-electron chi connectivity index (χ4n) is 2.75. The van der Waals surface area contributed by atoms with Crippen LogP contribution < -0.4 is 5.32 Å². The van der Waals surface area contributed by atoms with Gasteiger partial charge in [-0.05, 0) is 54.8 Å². The van der Waals surface area contributed by atoms with Gasteiger partial charge in [0, 0.05) is 12.4 Å². The minimum absolute atomic E-state index is 0.261. The van der Waals surface area contributed by atoms with Crippen LogP contribution in [0.5, 0.6) is 0 Å². The van der Waals surface area contributed by atoms with E-state index >= 15 is 0 Å². The molecule has 3 aromatic rings. The molecule has 3 rings (SSSR count). The molecule has 0 fully saturated rings. The Bertz CT molecular complexity index is 746. The first-order valence-corrected chi connectivity index (χ1v) is 7.74. The number of rotatable bonds is 5. The Kier molecular flexibility index (Phi) is 4.20. The smallest absolute Gasteiger partial charge is 0.124 e. The standard InChI is InChI=1S/C18H22N4/c1-12(2)10-17(19-3)18-21-15-5-4-14(11-16(15)22-18)13-6-8-20-9-7-13/h4-9,11-12,17,19H,10H2,1-3H3,(H,21,22)/t17-/m1/s1. The van der Waals surface area contributed by atoms with Crippen molar-refractivity contribution >= 4 is 11.0 Å². The summed E-state index contributed by atoms with van der Waals surface area (Å²) in [4.78, 5) is 12.3. The molecule has 0 radical (unpaired) electrons. The molecule has 0 aliphatic carbocycles. The zero-order valence-electron chi connectivity index (χ0n) is 13.3. The van der Waals surface area contributed by atoms with Crippen molar-refractivity contribution in [2.75, 3.05) is 7.05 Å². The maximum absolute atomic E-state index is 4.79. The Balaban J connectivity index is 1.96. The van der Waals surface area contributed by atoms with Crippen LogP contribution in [0, 0.1) is 5.92 Å². The van der Waals surface area contributed by atoms with E-state index < -0.39 is 0 Å². The number of hydrogen-bond acceptors (Lipinski definition) is 3. The van der Waals surface area contributed by atoms with Crippen molar-refractivity contribution in [3.8, 4) is 11.1 Å². The van der Waals surface area contributed by atoms with E-state index in [0.717, 1.165) is 34.4 Å². The van der Waals surface area contributed by atoms with Gasteiger partial charge in [-0.3, -0.25) is 4.98 Å². The second-order valence-electron chi connectivity index (χ2n) is 6.06. The van der Waals surface area contributed by atoms with E-state index in [1.54, 1.807) is 0 Å². The van der Waals surface area contributed by atoms with Gasteiger partial charge in [0.15, 0.2) is 0 Å². The van der Waals surface area contributed by atoms with Crippen LogP contribution in [0.3, 0.4) is 0 Å². The van der Waals surface area contributed by atoms with Crippen LogP contribution in [-0.2, 0) is 0 Å². The van der Waals surface area contributed by atoms with Gasteiger partial charge in [0.25, 0.3) is 0 Å². The molecule has 22 heavy (non-hydrogen) atoms. The van der Waals surface area contributed by atoms with Gasteiger partial charge in [0.05, 0.1) is 17.1 Å². The van der Waals surface area contributed by atoms with Crippen LogP contribution in [0.25, 0.3) is 22.2 Å². The highest BCUT2D eigenvalue weighted by molar-refractivity contribution is 5.81. The molecular weight excluding hydrogens is 272 g/mol. The van der Waals surface area contributed by atoms with Crippen LogP contribution in [0.2, 0.25) is 0 Å². The van der Waals surface area contributed by atoms with Gasteiger partial charge in [-0.2, -0.15) is 0 Å². The molecule has 0 unspecified atom stereocenters. The molecule has 0 aliphatic heterocycles. The monoisotopic (exact) mass is 294 g/mol. The Morgan fingerprint density at radius 3 is 2.55 bits per heavy atom. The lowest BCUT2D eigenvalue weighted by Crippen LogP contribution is -2.19. The topological polar surface area (TPSA) is 53.6 Å². The summed E-state index contributed by atoms with van der Waals surface area (Å²) in [7, 11) is 1.99. The number of fused-ring (bicyclic) bond motifs is 1. The van der Waals surface area contributed by atoms with Crippen LogP contribution in [0.4, 0.5) is 0 Å². The summed E-state index contributed by atoms with van der Waals surface area (Å²) >= 11 is 0. The van der Waals surface area contributed by atoms with Gasteiger partial charge in [0.2, 0.25) is 0 Å². The average Bonchev–Trinajstić information content (AvgIpc) is 2.96. The van der Waals surface area contributed by atoms with Crippen molar-refractivity contribution in [3.63, 3.8) is 0 Å². The molecule has 0 amide bonds. The van der Waals surface area contributed by atoms with Gasteiger partial charge < -0.3 is 10.3 Å². The first-order valence-electron chi connectivity index (χ1n) is 7.74. The third kappa shape index (κ3) is 3.02. The van der Waals surface area contributed by atoms with E-state index in [1.165, 1.54) is 0 Å². The number of nitrogens with one attached hydrogen (secondary N) is 2. The third-order valence-corrected chi connectivity index (χ3v) is 3.90. The highest BCUT2D eigenvalue weighted by Gasteiger charge is 2.15. The van der Waals surface area contributed by atoms with Crippen molar-refractivity contribution in [2.24, 2.45) is 5.92 Å². The highest BCUT2D eigenvalue weighted by Crippen LogP contribution is 2.25. The number of H-pyrrole nitrogens is 1. The number of hydrogen-bond donors (Lipinski definition) is 2. The normalized spacial score (nSPS) is 12.9. The molecule has 4 nitrogen and oxygen atoms in total. The van der Waals surface area contributed by atoms with Crippen LogP contribution >= 0.6 is 0 Å². The third-order valence-electron chi connectivity index (χ3n) is 3.90. The van der Waals surface area contributed by atoms with E-state index in [-0.39, 0.29) is 6.04 Å². The number of aromatic amines is 1. The Morgan fingerprint density at radius 1 is 1.09 bits per heavy atom. The molecular formula is C18H22N4. The fourth-order valence-corrected chi connectivity index (χ4v) is 2.75. The van der Waals surface area contributed by atoms with Gasteiger partial charge in [-0.25, -0.2) is 4.98 Å². The summed E-state index contributed by atoms with van der Waals surface area (Å²) in [6, 6.07) is 10.7. The minimum atomic E-state index is 0.261. The molecule has 0 saturated heterocycles. The van der Waals surface area contributed by atoms with Crippen LogP contribution in [-0.4, -0.2) is 22.0 Å². The maximum atomic E-state index is 4.79. The van der Waals surface area contributed by atoms with E-state index in [2.05, 4.69) is 47.3 Å². The first-order chi connectivity index (χ1) is 10.7. The average molecular weight is 294 g/mol. The van der Waals surface area contributed by atoms with Crippen molar-refractivity contribution < 1.29 is 0 Å². The van der Waals surface area contributed by atoms with Crippen LogP contribution in [0.1, 0.15) is 32.1 Å². The zero-order chi connectivity index (χ0) is 15.5. The number of aromatic nitrogens is 3. The predicted octanol–water partition coefficient (Wildman–Crippen LogP) is 3.93. The number of nitrogens with zero attached hydrogens (tertiary/aromatic N) is 2. The lowest BCUT2D eigenvalue weighted by atomic mass is 10.0. The second kappa shape index (κ2) is 6.28. The van der Waals surface area contributed by atoms with E-state index in [9.17, 15) is 0 Å². The highest BCUT2D eigenvalue weighted by atomic mass is 15.0.